The summed E-state index contributed by atoms with van der Waals surface area (Å²) in [5.74, 6) is -0.0547. The zero-order valence-corrected chi connectivity index (χ0v) is 6.92. The second kappa shape index (κ2) is 3.37. The monoisotopic (exact) mass is 155 g/mol. The van der Waals surface area contributed by atoms with Gasteiger partial charge in [0, 0.05) is 26.6 Å². The lowest BCUT2D eigenvalue weighted by molar-refractivity contribution is -0.114. The van der Waals surface area contributed by atoms with Crippen LogP contribution in [0.1, 0.15) is 13.3 Å². The van der Waals surface area contributed by atoms with Crippen LogP contribution in [0.25, 0.3) is 0 Å². The Balaban J connectivity index is 2.54. The van der Waals surface area contributed by atoms with E-state index < -0.39 is 0 Å². The Bertz CT molecular complexity index is 188. The van der Waals surface area contributed by atoms with E-state index in [1.807, 2.05) is 11.9 Å². The average molecular weight is 155 g/mol. The topological polar surface area (TPSA) is 44.7 Å². The van der Waals surface area contributed by atoms with E-state index in [-0.39, 0.29) is 5.91 Å². The van der Waals surface area contributed by atoms with Crippen LogP contribution in [0.15, 0.2) is 5.10 Å². The van der Waals surface area contributed by atoms with E-state index in [4.69, 9.17) is 0 Å². The molecule has 0 aliphatic carbocycles. The first kappa shape index (κ1) is 8.04. The van der Waals surface area contributed by atoms with Gasteiger partial charge in [0.25, 0.3) is 5.91 Å². The van der Waals surface area contributed by atoms with Crippen LogP contribution in [0.5, 0.6) is 0 Å². The van der Waals surface area contributed by atoms with Gasteiger partial charge in [-0.15, -0.1) is 0 Å². The van der Waals surface area contributed by atoms with Crippen LogP contribution in [0.3, 0.4) is 0 Å². The van der Waals surface area contributed by atoms with E-state index in [1.165, 1.54) is 0 Å². The van der Waals surface area contributed by atoms with Crippen molar-refractivity contribution in [3.05, 3.63) is 0 Å². The van der Waals surface area contributed by atoms with Crippen molar-refractivity contribution in [2.24, 2.45) is 5.10 Å². The Morgan fingerprint density at radius 2 is 2.55 bits per heavy atom. The molecule has 0 fully saturated rings. The molecule has 0 atom stereocenters. The smallest absolute Gasteiger partial charge is 0.267 e. The van der Waals surface area contributed by atoms with E-state index >= 15 is 0 Å². The fourth-order valence-electron chi connectivity index (χ4n) is 1.04. The number of hydrogen-bond donors (Lipinski definition) is 1. The fourth-order valence-corrected chi connectivity index (χ4v) is 1.04. The van der Waals surface area contributed by atoms with Crippen LogP contribution in [-0.2, 0) is 4.79 Å². The molecule has 0 aromatic carbocycles. The molecule has 11 heavy (non-hydrogen) atoms. The van der Waals surface area contributed by atoms with Crippen LogP contribution in [0.2, 0.25) is 0 Å². The highest BCUT2D eigenvalue weighted by molar-refractivity contribution is 6.39. The van der Waals surface area contributed by atoms with Gasteiger partial charge in [-0.05, 0) is 6.92 Å². The number of carbonyl (C=O) groups excluding carboxylic acids is 1. The molecule has 0 saturated carbocycles. The highest BCUT2D eigenvalue weighted by Crippen LogP contribution is 2.04. The summed E-state index contributed by atoms with van der Waals surface area (Å²) < 4.78 is 0. The van der Waals surface area contributed by atoms with Crippen LogP contribution in [0, 0.1) is 0 Å². The second-order valence-electron chi connectivity index (χ2n) is 2.42. The minimum absolute atomic E-state index is 0.0547. The first-order chi connectivity index (χ1) is 5.27. The minimum atomic E-state index is -0.0547. The summed E-state index contributed by atoms with van der Waals surface area (Å²) in [7, 11) is 1.62. The Labute approximate surface area is 66.3 Å². The normalized spacial score (nSPS) is 16.5. The van der Waals surface area contributed by atoms with Crippen molar-refractivity contribution in [1.82, 2.24) is 10.3 Å². The van der Waals surface area contributed by atoms with Gasteiger partial charge in [0.2, 0.25) is 0 Å². The molecule has 1 aliphatic heterocycles. The standard InChI is InChI=1S/C7H13N3O/c1-3-10-5-4-6(9-10)7(11)8-2/h3-5H2,1-2H3,(H,8,11). The van der Waals surface area contributed by atoms with Crippen LogP contribution in [-0.4, -0.2) is 36.8 Å². The van der Waals surface area contributed by atoms with E-state index in [2.05, 4.69) is 10.4 Å². The predicted molar refractivity (Wildman–Crippen MR) is 43.4 cm³/mol. The van der Waals surface area contributed by atoms with Crippen molar-refractivity contribution in [2.75, 3.05) is 20.1 Å². The van der Waals surface area contributed by atoms with Gasteiger partial charge in [0.1, 0.15) is 5.71 Å². The lowest BCUT2D eigenvalue weighted by Crippen LogP contribution is -2.26. The maximum absolute atomic E-state index is 11.0. The average Bonchev–Trinajstić information content (AvgIpc) is 2.50. The zero-order valence-electron chi connectivity index (χ0n) is 6.92. The maximum atomic E-state index is 11.0. The SMILES string of the molecule is CCN1CCC(C(=O)NC)=N1. The van der Waals surface area contributed by atoms with Gasteiger partial charge < -0.3 is 5.32 Å². The number of nitrogens with zero attached hydrogens (tertiary/aromatic N) is 2. The van der Waals surface area contributed by atoms with Crippen molar-refractivity contribution in [2.45, 2.75) is 13.3 Å². The Kier molecular flexibility index (Phi) is 2.46. The van der Waals surface area contributed by atoms with E-state index in [9.17, 15) is 4.79 Å². The summed E-state index contributed by atoms with van der Waals surface area (Å²) >= 11 is 0. The number of carbonyl (C=O) groups is 1. The predicted octanol–water partition coefficient (Wildman–Crippen LogP) is -0.186. The summed E-state index contributed by atoms with van der Waals surface area (Å²) in [6, 6.07) is 0. The minimum Gasteiger partial charge on any atom is -0.354 e. The number of amides is 1. The Hall–Kier alpha value is -1.06. The molecule has 1 rings (SSSR count). The van der Waals surface area contributed by atoms with Gasteiger partial charge >= 0.3 is 0 Å². The molecular weight excluding hydrogens is 142 g/mol. The molecule has 1 N–H and O–H groups in total. The third-order valence-corrected chi connectivity index (χ3v) is 1.72. The molecule has 0 aromatic rings. The summed E-state index contributed by atoms with van der Waals surface area (Å²) in [6.07, 6.45) is 0.771. The van der Waals surface area contributed by atoms with Crippen molar-refractivity contribution in [3.8, 4) is 0 Å². The summed E-state index contributed by atoms with van der Waals surface area (Å²) in [5, 5.41) is 8.56. The molecule has 0 unspecified atom stereocenters. The number of hydrogen-bond acceptors (Lipinski definition) is 3. The van der Waals surface area contributed by atoms with E-state index in [1.54, 1.807) is 7.05 Å². The van der Waals surface area contributed by atoms with Gasteiger partial charge in [0.05, 0.1) is 0 Å². The van der Waals surface area contributed by atoms with Gasteiger partial charge in [-0.25, -0.2) is 0 Å². The summed E-state index contributed by atoms with van der Waals surface area (Å²) in [5.41, 5.74) is 0.648. The molecule has 1 aliphatic rings. The molecule has 4 heteroatoms. The quantitative estimate of drug-likeness (QED) is 0.601. The van der Waals surface area contributed by atoms with Crippen molar-refractivity contribution in [1.29, 1.82) is 0 Å². The molecule has 62 valence electrons. The first-order valence-electron chi connectivity index (χ1n) is 3.82. The molecule has 1 heterocycles. The van der Waals surface area contributed by atoms with Gasteiger partial charge in [-0.1, -0.05) is 0 Å². The molecule has 0 spiro atoms. The summed E-state index contributed by atoms with van der Waals surface area (Å²) in [6.45, 7) is 3.77. The van der Waals surface area contributed by atoms with E-state index in [0.29, 0.717) is 5.71 Å². The highest BCUT2D eigenvalue weighted by Gasteiger charge is 2.17. The van der Waals surface area contributed by atoms with Crippen LogP contribution < -0.4 is 5.32 Å². The highest BCUT2D eigenvalue weighted by atomic mass is 16.1. The van der Waals surface area contributed by atoms with Crippen LogP contribution >= 0.6 is 0 Å². The molecule has 4 nitrogen and oxygen atoms in total. The molecule has 0 saturated heterocycles. The lowest BCUT2D eigenvalue weighted by atomic mass is 10.3. The second-order valence-corrected chi connectivity index (χ2v) is 2.42. The van der Waals surface area contributed by atoms with Crippen LogP contribution in [0.4, 0.5) is 0 Å². The molecule has 0 aromatic heterocycles. The number of rotatable bonds is 2. The van der Waals surface area contributed by atoms with Crippen molar-refractivity contribution < 1.29 is 4.79 Å². The first-order valence-corrected chi connectivity index (χ1v) is 3.82. The molecule has 1 amide bonds. The van der Waals surface area contributed by atoms with Gasteiger partial charge in [-0.2, -0.15) is 5.10 Å². The number of nitrogens with one attached hydrogen (secondary N) is 1. The summed E-state index contributed by atoms with van der Waals surface area (Å²) in [4.78, 5) is 11.0. The largest absolute Gasteiger partial charge is 0.354 e. The van der Waals surface area contributed by atoms with Crippen molar-refractivity contribution >= 4 is 11.6 Å². The Morgan fingerprint density at radius 1 is 1.82 bits per heavy atom. The molecule has 0 bridgehead atoms. The lowest BCUT2D eigenvalue weighted by Gasteiger charge is -2.07. The van der Waals surface area contributed by atoms with E-state index in [0.717, 1.165) is 19.5 Å². The molecular formula is C7H13N3O. The third kappa shape index (κ3) is 1.69. The zero-order chi connectivity index (χ0) is 8.27. The fraction of sp³-hybridized carbons (Fsp3) is 0.714. The third-order valence-electron chi connectivity index (χ3n) is 1.72. The van der Waals surface area contributed by atoms with Gasteiger partial charge in [0.15, 0.2) is 0 Å². The van der Waals surface area contributed by atoms with Crippen molar-refractivity contribution in [3.63, 3.8) is 0 Å². The maximum Gasteiger partial charge on any atom is 0.267 e. The van der Waals surface area contributed by atoms with Gasteiger partial charge in [-0.3, -0.25) is 9.80 Å². The Morgan fingerprint density at radius 3 is 3.00 bits per heavy atom. The molecule has 0 radical (unpaired) electrons. The number of hydrazone groups is 1.